The van der Waals surface area contributed by atoms with Crippen molar-refractivity contribution in [2.75, 3.05) is 9.80 Å². The molecule has 2 nitrogen and oxygen atoms in total. The van der Waals surface area contributed by atoms with Crippen LogP contribution >= 0.6 is 0 Å². The molecule has 0 radical (unpaired) electrons. The fourth-order valence-corrected chi connectivity index (χ4v) is 15.2. The molecule has 15 aromatic carbocycles. The molecule has 0 saturated heterocycles. The van der Waals surface area contributed by atoms with Gasteiger partial charge in [0.15, 0.2) is 0 Å². The molecule has 0 aromatic heterocycles. The minimum Gasteiger partial charge on any atom is -0.310 e. The van der Waals surface area contributed by atoms with Crippen LogP contribution in [0, 0.1) is 0 Å². The van der Waals surface area contributed by atoms with E-state index in [1.165, 1.54) is 132 Å². The van der Waals surface area contributed by atoms with Crippen molar-refractivity contribution < 1.29 is 0 Å². The molecule has 0 spiro atoms. The van der Waals surface area contributed by atoms with Crippen molar-refractivity contribution in [3.8, 4) is 66.8 Å². The van der Waals surface area contributed by atoms with E-state index in [4.69, 9.17) is 0 Å². The Morgan fingerprint density at radius 3 is 0.935 bits per heavy atom. The predicted molar refractivity (Wildman–Crippen MR) is 394 cm³/mol. The Morgan fingerprint density at radius 2 is 0.522 bits per heavy atom. The van der Waals surface area contributed by atoms with Gasteiger partial charge in [0.25, 0.3) is 0 Å². The molecule has 17 rings (SSSR count). The average Bonchev–Trinajstić information content (AvgIpc) is 1.07. The molecule has 440 valence electrons. The first-order valence-corrected chi connectivity index (χ1v) is 32.5. The standard InChI is InChI=1S/C88H64N2.C2H6/c1-87(2)81-29-17-15-27-73(81)75-47-39-63(53-83(75)87)59-35-41-69(42-36-59)89(67-23-7-5-8-24-67)71-45-49-77-79(55-71)85(65-33-31-57-19-11-13-21-61(57)51-65)78-50-46-72(56-80(78)86(77)66-34-32-58-20-12-14-22-62(58)52-66)90(68-25-9-6-10-26-68)70-43-37-60(38-44-70)64-40-48-76-74-28-16-18-30-82(74)88(3,4)84(76)54-64;1-2/h5-56H,1-4H3;1-2H3. The normalized spacial score (nSPS) is 13.1. The van der Waals surface area contributed by atoms with Gasteiger partial charge in [0.1, 0.15) is 0 Å². The minimum atomic E-state index is -0.0813. The predicted octanol–water partition coefficient (Wildman–Crippen LogP) is 25.5. The Kier molecular flexibility index (Phi) is 13.7. The van der Waals surface area contributed by atoms with Gasteiger partial charge in [0.2, 0.25) is 0 Å². The van der Waals surface area contributed by atoms with E-state index < -0.39 is 0 Å². The van der Waals surface area contributed by atoms with Gasteiger partial charge >= 0.3 is 0 Å². The molecule has 15 aromatic rings. The van der Waals surface area contributed by atoms with Gasteiger partial charge in [0.05, 0.1) is 0 Å². The molecule has 2 aliphatic rings. The summed E-state index contributed by atoms with van der Waals surface area (Å²) in [6.07, 6.45) is 0. The van der Waals surface area contributed by atoms with Crippen molar-refractivity contribution in [2.24, 2.45) is 0 Å². The third-order valence-corrected chi connectivity index (χ3v) is 19.8. The Morgan fingerprint density at radius 1 is 0.207 bits per heavy atom. The van der Waals surface area contributed by atoms with Crippen LogP contribution in [0.2, 0.25) is 0 Å². The van der Waals surface area contributed by atoms with Crippen molar-refractivity contribution in [3.63, 3.8) is 0 Å². The zero-order chi connectivity index (χ0) is 62.2. The molecular weight excluding hydrogens is 1110 g/mol. The summed E-state index contributed by atoms with van der Waals surface area (Å²) in [5.74, 6) is 0. The molecule has 0 heterocycles. The number of hydrogen-bond acceptors (Lipinski definition) is 2. The smallest absolute Gasteiger partial charge is 0.0468 e. The highest BCUT2D eigenvalue weighted by Crippen LogP contribution is 2.53. The fraction of sp³-hybridized carbons (Fsp3) is 0.0889. The number of benzene rings is 15. The van der Waals surface area contributed by atoms with Crippen LogP contribution in [0.15, 0.2) is 315 Å². The molecule has 0 aliphatic heterocycles. The zero-order valence-corrected chi connectivity index (χ0v) is 52.9. The van der Waals surface area contributed by atoms with Crippen molar-refractivity contribution in [1.82, 2.24) is 0 Å². The number of para-hydroxylation sites is 2. The molecule has 0 saturated carbocycles. The topological polar surface area (TPSA) is 6.48 Å². The summed E-state index contributed by atoms with van der Waals surface area (Å²) in [6, 6.07) is 118. The van der Waals surface area contributed by atoms with E-state index in [-0.39, 0.29) is 10.8 Å². The average molecular weight is 1180 g/mol. The maximum absolute atomic E-state index is 2.46. The third-order valence-electron chi connectivity index (χ3n) is 19.8. The molecular formula is C90H70N2. The molecule has 92 heavy (non-hydrogen) atoms. The lowest BCUT2D eigenvalue weighted by molar-refractivity contribution is 0.660. The fourth-order valence-electron chi connectivity index (χ4n) is 15.2. The second-order valence-corrected chi connectivity index (χ2v) is 25.6. The summed E-state index contributed by atoms with van der Waals surface area (Å²) in [5.41, 5.74) is 26.8. The first kappa shape index (κ1) is 56.2. The molecule has 2 aliphatic carbocycles. The van der Waals surface area contributed by atoms with Crippen LogP contribution in [-0.4, -0.2) is 0 Å². The van der Waals surface area contributed by atoms with Crippen LogP contribution in [0.4, 0.5) is 34.1 Å². The molecule has 0 unspecified atom stereocenters. The zero-order valence-electron chi connectivity index (χ0n) is 52.9. The summed E-state index contributed by atoms with van der Waals surface area (Å²) >= 11 is 0. The minimum absolute atomic E-state index is 0.0813. The highest BCUT2D eigenvalue weighted by atomic mass is 15.1. The summed E-state index contributed by atoms with van der Waals surface area (Å²) in [4.78, 5) is 4.85. The highest BCUT2D eigenvalue weighted by molar-refractivity contribution is 6.23. The third kappa shape index (κ3) is 9.31. The van der Waals surface area contributed by atoms with Gasteiger partial charge in [-0.3, -0.25) is 0 Å². The lowest BCUT2D eigenvalue weighted by atomic mass is 9.81. The lowest BCUT2D eigenvalue weighted by Crippen LogP contribution is -2.14. The van der Waals surface area contributed by atoms with Gasteiger partial charge in [-0.05, 0) is 229 Å². The highest BCUT2D eigenvalue weighted by Gasteiger charge is 2.37. The Labute approximate surface area is 540 Å². The van der Waals surface area contributed by atoms with Gasteiger partial charge in [-0.1, -0.05) is 260 Å². The van der Waals surface area contributed by atoms with E-state index in [9.17, 15) is 0 Å². The Balaban J connectivity index is 0.00000334. The first-order chi connectivity index (χ1) is 45.1. The largest absolute Gasteiger partial charge is 0.310 e. The van der Waals surface area contributed by atoms with Crippen molar-refractivity contribution >= 4 is 77.2 Å². The van der Waals surface area contributed by atoms with Gasteiger partial charge in [-0.25, -0.2) is 0 Å². The summed E-state index contributed by atoms with van der Waals surface area (Å²) in [7, 11) is 0. The first-order valence-electron chi connectivity index (χ1n) is 32.5. The van der Waals surface area contributed by atoms with Gasteiger partial charge in [0, 0.05) is 45.0 Å². The lowest BCUT2D eigenvalue weighted by Gasteiger charge is -2.28. The molecule has 0 N–H and O–H groups in total. The van der Waals surface area contributed by atoms with E-state index in [1.54, 1.807) is 0 Å². The van der Waals surface area contributed by atoms with Crippen molar-refractivity contribution in [2.45, 2.75) is 52.4 Å². The maximum Gasteiger partial charge on any atom is 0.0468 e. The Bertz CT molecular complexity index is 5010. The quantitative estimate of drug-likeness (QED) is 0.126. The number of anilines is 6. The molecule has 0 fully saturated rings. The molecule has 2 heteroatoms. The summed E-state index contributed by atoms with van der Waals surface area (Å²) < 4.78 is 0. The molecule has 0 bridgehead atoms. The van der Waals surface area contributed by atoms with Gasteiger partial charge in [-0.2, -0.15) is 0 Å². The molecule has 0 amide bonds. The number of fused-ring (bicyclic) bond motifs is 10. The monoisotopic (exact) mass is 1180 g/mol. The van der Waals surface area contributed by atoms with Crippen molar-refractivity contribution in [1.29, 1.82) is 0 Å². The van der Waals surface area contributed by atoms with Gasteiger partial charge < -0.3 is 9.80 Å². The molecule has 0 atom stereocenters. The van der Waals surface area contributed by atoms with Crippen LogP contribution in [0.25, 0.3) is 110 Å². The van der Waals surface area contributed by atoms with E-state index in [2.05, 4.69) is 353 Å². The number of hydrogen-bond donors (Lipinski definition) is 0. The van der Waals surface area contributed by atoms with Crippen LogP contribution in [0.1, 0.15) is 63.8 Å². The van der Waals surface area contributed by atoms with E-state index in [0.717, 1.165) is 34.1 Å². The summed E-state index contributed by atoms with van der Waals surface area (Å²) in [6.45, 7) is 13.4. The number of nitrogens with zero attached hydrogens (tertiary/aromatic N) is 2. The van der Waals surface area contributed by atoms with Crippen LogP contribution in [-0.2, 0) is 10.8 Å². The van der Waals surface area contributed by atoms with E-state index >= 15 is 0 Å². The second kappa shape index (κ2) is 22.5. The van der Waals surface area contributed by atoms with E-state index in [1.807, 2.05) is 13.8 Å². The second-order valence-electron chi connectivity index (χ2n) is 25.6. The van der Waals surface area contributed by atoms with Crippen LogP contribution in [0.3, 0.4) is 0 Å². The SMILES string of the molecule is CC.CC1(C)c2ccccc2-c2ccc(-c3ccc(N(c4ccccc4)c4ccc5c(-c6ccc7ccccc7c6)c6cc(N(c7ccccc7)c7ccc(-c8ccc9c(c8)C(C)(C)c8ccccc8-9)cc7)ccc6c(-c6ccc7ccccc7c6)c5c4)cc3)cc21. The van der Waals surface area contributed by atoms with Gasteiger partial charge in [-0.15, -0.1) is 0 Å². The van der Waals surface area contributed by atoms with Crippen molar-refractivity contribution in [3.05, 3.63) is 338 Å². The van der Waals surface area contributed by atoms with Crippen LogP contribution in [0.5, 0.6) is 0 Å². The van der Waals surface area contributed by atoms with Crippen LogP contribution < -0.4 is 9.80 Å². The maximum atomic E-state index is 2.46. The Hall–Kier alpha value is -11.1. The van der Waals surface area contributed by atoms with E-state index in [0.29, 0.717) is 0 Å². The summed E-state index contributed by atoms with van der Waals surface area (Å²) in [5, 5.41) is 9.57. The number of rotatable bonds is 10.